The smallest absolute Gasteiger partial charge is 0.293 e. The highest BCUT2D eigenvalue weighted by atomic mass is 16.5. The van der Waals surface area contributed by atoms with Crippen LogP contribution in [0.25, 0.3) is 0 Å². The fourth-order valence-corrected chi connectivity index (χ4v) is 1.58. The lowest BCUT2D eigenvalue weighted by molar-refractivity contribution is -0.135. The minimum atomic E-state index is 0.209. The first-order chi connectivity index (χ1) is 4.83. The van der Waals surface area contributed by atoms with Crippen LogP contribution in [0, 0.1) is 5.92 Å². The van der Waals surface area contributed by atoms with Crippen LogP contribution in [0.2, 0.25) is 0 Å². The van der Waals surface area contributed by atoms with Crippen molar-refractivity contribution in [3.8, 4) is 0 Å². The molecule has 2 nitrogen and oxygen atoms in total. The van der Waals surface area contributed by atoms with Gasteiger partial charge < -0.3 is 4.74 Å². The van der Waals surface area contributed by atoms with Gasteiger partial charge in [-0.3, -0.25) is 4.79 Å². The summed E-state index contributed by atoms with van der Waals surface area (Å²) in [5.41, 5.74) is 0. The Morgan fingerprint density at radius 1 is 1.50 bits per heavy atom. The van der Waals surface area contributed by atoms with E-state index in [1.807, 2.05) is 0 Å². The molecule has 0 heterocycles. The van der Waals surface area contributed by atoms with E-state index >= 15 is 0 Å². The Morgan fingerprint density at radius 2 is 2.30 bits per heavy atom. The van der Waals surface area contributed by atoms with Crippen molar-refractivity contribution in [1.29, 1.82) is 0 Å². The Labute approximate surface area is 61.6 Å². The molecular formula is C8H14O2. The molecule has 0 aromatic carbocycles. The van der Waals surface area contributed by atoms with Crippen molar-refractivity contribution < 1.29 is 9.53 Å². The molecule has 58 valence electrons. The predicted molar refractivity (Wildman–Crippen MR) is 38.6 cm³/mol. The Morgan fingerprint density at radius 3 is 2.90 bits per heavy atom. The van der Waals surface area contributed by atoms with Gasteiger partial charge >= 0.3 is 0 Å². The van der Waals surface area contributed by atoms with Crippen molar-refractivity contribution in [2.45, 2.75) is 38.7 Å². The van der Waals surface area contributed by atoms with Crippen LogP contribution in [-0.4, -0.2) is 12.6 Å². The van der Waals surface area contributed by atoms with E-state index < -0.39 is 0 Å². The molecule has 0 bridgehead atoms. The first-order valence-corrected chi connectivity index (χ1v) is 3.92. The molecule has 1 saturated carbocycles. The van der Waals surface area contributed by atoms with Crippen LogP contribution in [0.5, 0.6) is 0 Å². The summed E-state index contributed by atoms with van der Waals surface area (Å²) in [7, 11) is 0. The summed E-state index contributed by atoms with van der Waals surface area (Å²) in [4.78, 5) is 9.96. The predicted octanol–water partition coefficient (Wildman–Crippen LogP) is 1.74. The van der Waals surface area contributed by atoms with Gasteiger partial charge in [0.15, 0.2) is 0 Å². The van der Waals surface area contributed by atoms with Gasteiger partial charge in [-0.25, -0.2) is 0 Å². The molecule has 1 unspecified atom stereocenters. The lowest BCUT2D eigenvalue weighted by Gasteiger charge is -2.24. The minimum Gasteiger partial charge on any atom is -0.465 e. The van der Waals surface area contributed by atoms with Gasteiger partial charge in [-0.15, -0.1) is 0 Å². The molecule has 1 aliphatic rings. The Hall–Kier alpha value is -0.530. The Bertz CT molecular complexity index is 112. The molecule has 0 spiro atoms. The van der Waals surface area contributed by atoms with Gasteiger partial charge in [-0.05, 0) is 25.2 Å². The molecule has 2 heteroatoms. The van der Waals surface area contributed by atoms with E-state index in [0.29, 0.717) is 6.47 Å². The van der Waals surface area contributed by atoms with Crippen LogP contribution in [-0.2, 0) is 9.53 Å². The molecule has 2 atom stereocenters. The number of hydrogen-bond acceptors (Lipinski definition) is 2. The van der Waals surface area contributed by atoms with Crippen LogP contribution in [0.3, 0.4) is 0 Å². The number of rotatable bonds is 2. The van der Waals surface area contributed by atoms with Crippen molar-refractivity contribution in [2.24, 2.45) is 5.92 Å². The normalized spacial score (nSPS) is 33.3. The molecule has 0 amide bonds. The van der Waals surface area contributed by atoms with Crippen LogP contribution < -0.4 is 0 Å². The van der Waals surface area contributed by atoms with Gasteiger partial charge in [0, 0.05) is 0 Å². The fourth-order valence-electron chi connectivity index (χ4n) is 1.58. The van der Waals surface area contributed by atoms with Crippen molar-refractivity contribution in [3.63, 3.8) is 0 Å². The molecule has 0 aliphatic heterocycles. The summed E-state index contributed by atoms with van der Waals surface area (Å²) in [6.45, 7) is 2.78. The largest absolute Gasteiger partial charge is 0.465 e. The maximum absolute atomic E-state index is 9.96. The van der Waals surface area contributed by atoms with Crippen LogP contribution in [0.15, 0.2) is 0 Å². The number of ether oxygens (including phenoxy) is 1. The average Bonchev–Trinajstić information content (AvgIpc) is 1.88. The van der Waals surface area contributed by atoms with E-state index in [1.54, 1.807) is 0 Å². The van der Waals surface area contributed by atoms with Crippen molar-refractivity contribution >= 4 is 6.47 Å². The van der Waals surface area contributed by atoms with Gasteiger partial charge in [-0.2, -0.15) is 0 Å². The number of carbonyl (C=O) groups is 1. The third-order valence-electron chi connectivity index (χ3n) is 2.14. The molecule has 10 heavy (non-hydrogen) atoms. The molecular weight excluding hydrogens is 128 g/mol. The molecule has 1 aliphatic carbocycles. The SMILES string of the molecule is CC1CCC[C@H](OC=O)C1. The zero-order valence-electron chi connectivity index (χ0n) is 6.38. The molecule has 0 saturated heterocycles. The summed E-state index contributed by atoms with van der Waals surface area (Å²) in [5.74, 6) is 0.735. The molecule has 0 N–H and O–H groups in total. The monoisotopic (exact) mass is 142 g/mol. The van der Waals surface area contributed by atoms with E-state index in [9.17, 15) is 4.79 Å². The summed E-state index contributed by atoms with van der Waals surface area (Å²) in [6.07, 6.45) is 4.82. The molecule has 0 radical (unpaired) electrons. The Kier molecular flexibility index (Phi) is 2.72. The fraction of sp³-hybridized carbons (Fsp3) is 0.875. The topological polar surface area (TPSA) is 26.3 Å². The molecule has 1 rings (SSSR count). The maximum Gasteiger partial charge on any atom is 0.293 e. The van der Waals surface area contributed by atoms with E-state index in [4.69, 9.17) is 4.74 Å². The van der Waals surface area contributed by atoms with Crippen LogP contribution in [0.4, 0.5) is 0 Å². The zero-order chi connectivity index (χ0) is 7.40. The highest BCUT2D eigenvalue weighted by molar-refractivity contribution is 5.37. The van der Waals surface area contributed by atoms with Crippen molar-refractivity contribution in [3.05, 3.63) is 0 Å². The summed E-state index contributed by atoms with van der Waals surface area (Å²) < 4.78 is 4.87. The van der Waals surface area contributed by atoms with E-state index in [1.165, 1.54) is 12.8 Å². The number of carbonyl (C=O) groups excluding carboxylic acids is 1. The quantitative estimate of drug-likeness (QED) is 0.549. The summed E-state index contributed by atoms with van der Waals surface area (Å²) >= 11 is 0. The van der Waals surface area contributed by atoms with Gasteiger partial charge in [0.25, 0.3) is 6.47 Å². The molecule has 0 aromatic rings. The highest BCUT2D eigenvalue weighted by Gasteiger charge is 2.18. The maximum atomic E-state index is 9.96. The number of hydrogen-bond donors (Lipinski definition) is 0. The molecule has 0 aromatic heterocycles. The Balaban J connectivity index is 2.24. The standard InChI is InChI=1S/C8H14O2/c1-7-3-2-4-8(5-7)10-6-9/h6-8H,2-5H2,1H3/t7?,8-/m0/s1. The van der Waals surface area contributed by atoms with Gasteiger partial charge in [0.1, 0.15) is 6.10 Å². The average molecular weight is 142 g/mol. The third kappa shape index (κ3) is 2.01. The van der Waals surface area contributed by atoms with Crippen LogP contribution >= 0.6 is 0 Å². The van der Waals surface area contributed by atoms with Gasteiger partial charge in [0.05, 0.1) is 0 Å². The molecule has 1 fully saturated rings. The van der Waals surface area contributed by atoms with E-state index in [0.717, 1.165) is 18.8 Å². The van der Waals surface area contributed by atoms with E-state index in [2.05, 4.69) is 6.92 Å². The second-order valence-corrected chi connectivity index (χ2v) is 3.13. The minimum absolute atomic E-state index is 0.209. The summed E-state index contributed by atoms with van der Waals surface area (Å²) in [6, 6.07) is 0. The van der Waals surface area contributed by atoms with Gasteiger partial charge in [0.2, 0.25) is 0 Å². The first kappa shape index (κ1) is 7.58. The second kappa shape index (κ2) is 3.59. The van der Waals surface area contributed by atoms with Gasteiger partial charge in [-0.1, -0.05) is 13.3 Å². The lowest BCUT2D eigenvalue weighted by atomic mass is 9.89. The zero-order valence-corrected chi connectivity index (χ0v) is 6.38. The summed E-state index contributed by atoms with van der Waals surface area (Å²) in [5, 5.41) is 0. The third-order valence-corrected chi connectivity index (χ3v) is 2.14. The lowest BCUT2D eigenvalue weighted by Crippen LogP contribution is -2.20. The highest BCUT2D eigenvalue weighted by Crippen LogP contribution is 2.24. The van der Waals surface area contributed by atoms with E-state index in [-0.39, 0.29) is 6.10 Å². The van der Waals surface area contributed by atoms with Crippen molar-refractivity contribution in [1.82, 2.24) is 0 Å². The first-order valence-electron chi connectivity index (χ1n) is 3.92. The van der Waals surface area contributed by atoms with Crippen LogP contribution in [0.1, 0.15) is 32.6 Å². The second-order valence-electron chi connectivity index (χ2n) is 3.13. The van der Waals surface area contributed by atoms with Crippen molar-refractivity contribution in [2.75, 3.05) is 0 Å².